The standard InChI is InChI=1S/C3H7.CH3.W/c1-3-2;;/h3H,1-2H3;1H3;/q2*-1;+2. The van der Waals surface area contributed by atoms with Crippen LogP contribution in [0.5, 0.6) is 0 Å². The molecular weight excluding hydrogens is 232 g/mol. The van der Waals surface area contributed by atoms with E-state index in [1.54, 1.807) is 0 Å². The van der Waals surface area contributed by atoms with Crippen LogP contribution in [0.3, 0.4) is 0 Å². The Morgan fingerprint density at radius 1 is 1.20 bits per heavy atom. The van der Waals surface area contributed by atoms with Crippen molar-refractivity contribution in [2.75, 3.05) is 0 Å². The summed E-state index contributed by atoms with van der Waals surface area (Å²) in [6.45, 7) is 4.00. The molecule has 0 rings (SSSR count). The van der Waals surface area contributed by atoms with Gasteiger partial charge in [-0.15, -0.1) is 0 Å². The molecule has 0 spiro atoms. The summed E-state index contributed by atoms with van der Waals surface area (Å²) in [5.41, 5.74) is 0. The van der Waals surface area contributed by atoms with Crippen LogP contribution < -0.4 is 0 Å². The van der Waals surface area contributed by atoms with E-state index in [2.05, 4.69) is 0 Å². The molecule has 0 radical (unpaired) electrons. The summed E-state index contributed by atoms with van der Waals surface area (Å²) < 4.78 is 0. The van der Waals surface area contributed by atoms with Crippen molar-refractivity contribution in [1.82, 2.24) is 0 Å². The number of hydrogen-bond donors (Lipinski definition) is 0. The minimum atomic E-state index is 0. The maximum atomic E-state index is 2.00. The molecule has 5 heavy (non-hydrogen) atoms. The van der Waals surface area contributed by atoms with E-state index in [-0.39, 0.29) is 28.5 Å². The van der Waals surface area contributed by atoms with E-state index in [9.17, 15) is 0 Å². The molecule has 0 aromatic carbocycles. The zero-order valence-electron chi connectivity index (χ0n) is 3.99. The fourth-order valence-electron chi connectivity index (χ4n) is 0. The van der Waals surface area contributed by atoms with Crippen LogP contribution in [0.15, 0.2) is 0 Å². The summed E-state index contributed by atoms with van der Waals surface area (Å²) >= 11 is 0. The summed E-state index contributed by atoms with van der Waals surface area (Å²) in [4.78, 5) is 0. The third kappa shape index (κ3) is 71.5. The van der Waals surface area contributed by atoms with Gasteiger partial charge in [-0.3, -0.25) is 0 Å². The molecule has 0 amide bonds. The van der Waals surface area contributed by atoms with E-state index in [4.69, 9.17) is 0 Å². The molecule has 0 saturated carbocycles. The van der Waals surface area contributed by atoms with Crippen LogP contribution in [0.4, 0.5) is 0 Å². The summed E-state index contributed by atoms with van der Waals surface area (Å²) in [6, 6.07) is 0. The Morgan fingerprint density at radius 2 is 1.20 bits per heavy atom. The van der Waals surface area contributed by atoms with Crippen LogP contribution in [0.25, 0.3) is 0 Å². The van der Waals surface area contributed by atoms with Crippen molar-refractivity contribution in [1.29, 1.82) is 0 Å². The molecular formula is C4H10W. The van der Waals surface area contributed by atoms with Gasteiger partial charge in [-0.05, 0) is 0 Å². The third-order valence-electron chi connectivity index (χ3n) is 0. The van der Waals surface area contributed by atoms with Crippen LogP contribution in [0.2, 0.25) is 0 Å². The molecule has 0 bridgehead atoms. The van der Waals surface area contributed by atoms with E-state index in [1.807, 2.05) is 20.3 Å². The summed E-state index contributed by atoms with van der Waals surface area (Å²) in [5, 5.41) is 0. The Labute approximate surface area is 49.2 Å². The van der Waals surface area contributed by atoms with Gasteiger partial charge in [-0.1, -0.05) is 0 Å². The fourth-order valence-corrected chi connectivity index (χ4v) is 0. The average molecular weight is 242 g/mol. The van der Waals surface area contributed by atoms with Crippen molar-refractivity contribution < 1.29 is 21.1 Å². The first-order valence-corrected chi connectivity index (χ1v) is 1.15. The Morgan fingerprint density at radius 3 is 1.20 bits per heavy atom. The predicted molar refractivity (Wildman–Crippen MR) is 22.1 cm³/mol. The van der Waals surface area contributed by atoms with Gasteiger partial charge in [0.25, 0.3) is 0 Å². The van der Waals surface area contributed by atoms with Crippen LogP contribution in [0, 0.1) is 13.8 Å². The topological polar surface area (TPSA) is 0 Å². The Balaban J connectivity index is -0.0000000200. The maximum absolute atomic E-state index is 2.00. The van der Waals surface area contributed by atoms with Crippen molar-refractivity contribution in [3.05, 3.63) is 13.8 Å². The average Bonchev–Trinajstić information content (AvgIpc) is 0.918. The van der Waals surface area contributed by atoms with Gasteiger partial charge >= 0.3 is 21.1 Å². The normalized spacial score (nSPS) is 3.60. The van der Waals surface area contributed by atoms with Crippen LogP contribution in [-0.4, -0.2) is 0 Å². The van der Waals surface area contributed by atoms with Gasteiger partial charge in [0.2, 0.25) is 0 Å². The minimum Gasteiger partial charge on any atom is -0.358 e. The van der Waals surface area contributed by atoms with Crippen molar-refractivity contribution >= 4 is 0 Å². The quantitative estimate of drug-likeness (QED) is 0.567. The molecule has 0 N–H and O–H groups in total. The molecule has 0 aliphatic rings. The predicted octanol–water partition coefficient (Wildman–Crippen LogP) is 1.68. The second-order valence-corrected chi connectivity index (χ2v) is 0.577. The maximum Gasteiger partial charge on any atom is 2.00 e. The molecule has 0 atom stereocenters. The van der Waals surface area contributed by atoms with Gasteiger partial charge in [0.15, 0.2) is 0 Å². The second-order valence-electron chi connectivity index (χ2n) is 0.577. The van der Waals surface area contributed by atoms with Gasteiger partial charge in [-0.2, -0.15) is 13.8 Å². The Bertz CT molecular complexity index is 3.61. The van der Waals surface area contributed by atoms with Gasteiger partial charge in [0.05, 0.1) is 0 Å². The molecule has 0 fully saturated rings. The first-order chi connectivity index (χ1) is 1.41. The van der Waals surface area contributed by atoms with Gasteiger partial charge < -0.3 is 13.8 Å². The van der Waals surface area contributed by atoms with Gasteiger partial charge in [0.1, 0.15) is 0 Å². The summed E-state index contributed by atoms with van der Waals surface area (Å²) in [7, 11) is 0. The molecule has 1 heteroatoms. The minimum absolute atomic E-state index is 0. The monoisotopic (exact) mass is 242 g/mol. The molecule has 32 valence electrons. The van der Waals surface area contributed by atoms with E-state index < -0.39 is 0 Å². The molecule has 0 aliphatic heterocycles. The van der Waals surface area contributed by atoms with Crippen molar-refractivity contribution in [2.24, 2.45) is 0 Å². The molecule has 0 saturated heterocycles. The van der Waals surface area contributed by atoms with Crippen LogP contribution >= 0.6 is 0 Å². The Hall–Kier alpha value is 0.688. The first-order valence-electron chi connectivity index (χ1n) is 1.15. The number of rotatable bonds is 0. The van der Waals surface area contributed by atoms with E-state index in [1.165, 1.54) is 0 Å². The SMILES string of the molecule is C[CH-]C.[CH3-].[W+2]. The molecule has 0 aliphatic carbocycles. The zero-order valence-corrected chi connectivity index (χ0v) is 6.92. The summed E-state index contributed by atoms with van der Waals surface area (Å²) in [5.74, 6) is 0. The Kier molecular flexibility index (Phi) is 77.4. The molecule has 0 nitrogen and oxygen atoms in total. The molecule has 0 aromatic rings. The molecule has 0 unspecified atom stereocenters. The molecule has 0 heterocycles. The second kappa shape index (κ2) is 22.4. The zero-order chi connectivity index (χ0) is 2.71. The largest absolute Gasteiger partial charge is 2.00 e. The van der Waals surface area contributed by atoms with Gasteiger partial charge in [-0.25, -0.2) is 0 Å². The summed E-state index contributed by atoms with van der Waals surface area (Å²) in [6.07, 6.45) is 2.00. The van der Waals surface area contributed by atoms with Gasteiger partial charge in [0, 0.05) is 0 Å². The molecule has 0 aromatic heterocycles. The van der Waals surface area contributed by atoms with E-state index >= 15 is 0 Å². The third-order valence-corrected chi connectivity index (χ3v) is 0. The van der Waals surface area contributed by atoms with Crippen LogP contribution in [-0.2, 0) is 21.1 Å². The number of hydrogen-bond acceptors (Lipinski definition) is 0. The van der Waals surface area contributed by atoms with E-state index in [0.717, 1.165) is 0 Å². The van der Waals surface area contributed by atoms with Crippen LogP contribution in [0.1, 0.15) is 13.8 Å². The van der Waals surface area contributed by atoms with Crippen molar-refractivity contribution in [3.8, 4) is 0 Å². The smallest absolute Gasteiger partial charge is 0.358 e. The van der Waals surface area contributed by atoms with Crippen molar-refractivity contribution in [3.63, 3.8) is 0 Å². The van der Waals surface area contributed by atoms with E-state index in [0.29, 0.717) is 0 Å². The van der Waals surface area contributed by atoms with Crippen molar-refractivity contribution in [2.45, 2.75) is 13.8 Å². The first kappa shape index (κ1) is 17.3. The fraction of sp³-hybridized carbons (Fsp3) is 0.500.